The van der Waals surface area contributed by atoms with Gasteiger partial charge in [-0.25, -0.2) is 4.98 Å². The van der Waals surface area contributed by atoms with Gasteiger partial charge >= 0.3 is 0 Å². The van der Waals surface area contributed by atoms with Crippen LogP contribution in [0.25, 0.3) is 6.08 Å². The fraction of sp³-hybridized carbons (Fsp3) is 0.333. The zero-order valence-electron chi connectivity index (χ0n) is 6.68. The highest BCUT2D eigenvalue weighted by molar-refractivity contribution is 5.72. The third kappa shape index (κ3) is 1.30. The van der Waals surface area contributed by atoms with Gasteiger partial charge in [-0.2, -0.15) is 0 Å². The molecule has 0 N–H and O–H groups in total. The minimum absolute atomic E-state index is 0.624. The van der Waals surface area contributed by atoms with Crippen LogP contribution < -0.4 is 0 Å². The van der Waals surface area contributed by atoms with E-state index in [1.165, 1.54) is 18.9 Å². The van der Waals surface area contributed by atoms with Crippen molar-refractivity contribution in [3.63, 3.8) is 0 Å². The van der Waals surface area contributed by atoms with Crippen molar-refractivity contribution in [2.24, 2.45) is 0 Å². The summed E-state index contributed by atoms with van der Waals surface area (Å²) in [5, 5.41) is 0. The second kappa shape index (κ2) is 2.93. The number of hydrogen-bond acceptors (Lipinski definition) is 2. The average molecular weight is 162 g/mol. The first-order chi connectivity index (χ1) is 5.92. The lowest BCUT2D eigenvalue weighted by Crippen LogP contribution is -1.93. The molecule has 3 nitrogen and oxygen atoms in total. The van der Waals surface area contributed by atoms with Crippen molar-refractivity contribution in [3.05, 3.63) is 24.3 Å². The Bertz CT molecular complexity index is 310. The summed E-state index contributed by atoms with van der Waals surface area (Å²) < 4.78 is 2.11. The molecule has 0 unspecified atom stereocenters. The molecular formula is C9H10N2O. The minimum atomic E-state index is 0.624. The van der Waals surface area contributed by atoms with Crippen LogP contribution in [0.1, 0.15) is 24.6 Å². The van der Waals surface area contributed by atoms with E-state index in [0.717, 1.165) is 12.0 Å². The maximum atomic E-state index is 10.1. The molecule has 1 aromatic rings. The first-order valence-corrected chi connectivity index (χ1v) is 4.05. The van der Waals surface area contributed by atoms with E-state index in [4.69, 9.17) is 0 Å². The number of allylic oxidation sites excluding steroid dienone is 1. The van der Waals surface area contributed by atoms with Crippen LogP contribution in [0, 0.1) is 0 Å². The number of carbonyl (C=O) groups excluding carboxylic acids is 1. The maximum Gasteiger partial charge on any atom is 0.142 e. The molecule has 0 atom stereocenters. The van der Waals surface area contributed by atoms with E-state index in [9.17, 15) is 4.79 Å². The van der Waals surface area contributed by atoms with Gasteiger partial charge in [-0.05, 0) is 25.0 Å². The van der Waals surface area contributed by atoms with Gasteiger partial charge in [-0.1, -0.05) is 0 Å². The van der Waals surface area contributed by atoms with E-state index in [-0.39, 0.29) is 0 Å². The number of aldehydes is 1. The van der Waals surface area contributed by atoms with Crippen LogP contribution in [-0.2, 0) is 4.79 Å². The van der Waals surface area contributed by atoms with Gasteiger partial charge in [0.2, 0.25) is 0 Å². The van der Waals surface area contributed by atoms with Gasteiger partial charge in [-0.3, -0.25) is 4.79 Å². The monoisotopic (exact) mass is 162 g/mol. The van der Waals surface area contributed by atoms with Gasteiger partial charge < -0.3 is 4.57 Å². The SMILES string of the molecule is O=C/C=C/c1cncn1C1CC1. The normalized spacial score (nSPS) is 17.0. The molecule has 0 saturated heterocycles. The van der Waals surface area contributed by atoms with Crippen LogP contribution in [-0.4, -0.2) is 15.8 Å². The summed E-state index contributed by atoms with van der Waals surface area (Å²) in [5.74, 6) is 0. The maximum absolute atomic E-state index is 10.1. The predicted molar refractivity (Wildman–Crippen MR) is 45.6 cm³/mol. The molecule has 1 aliphatic carbocycles. The van der Waals surface area contributed by atoms with Crippen molar-refractivity contribution < 1.29 is 4.79 Å². The number of carbonyl (C=O) groups is 1. The summed E-state index contributed by atoms with van der Waals surface area (Å²) in [7, 11) is 0. The molecular weight excluding hydrogens is 152 g/mol. The standard InChI is InChI=1S/C9H10N2O/c12-5-1-2-9-6-10-7-11(9)8-3-4-8/h1-2,5-8H,3-4H2/b2-1+. The van der Waals surface area contributed by atoms with Crippen molar-refractivity contribution in [2.45, 2.75) is 18.9 Å². The molecule has 12 heavy (non-hydrogen) atoms. The lowest BCUT2D eigenvalue weighted by Gasteiger charge is -1.99. The minimum Gasteiger partial charge on any atom is -0.328 e. The fourth-order valence-electron chi connectivity index (χ4n) is 1.24. The third-order valence-electron chi connectivity index (χ3n) is 1.98. The zero-order valence-corrected chi connectivity index (χ0v) is 6.68. The van der Waals surface area contributed by atoms with Gasteiger partial charge in [0.25, 0.3) is 0 Å². The summed E-state index contributed by atoms with van der Waals surface area (Å²) in [6.07, 6.45) is 10.1. The largest absolute Gasteiger partial charge is 0.328 e. The predicted octanol–water partition coefficient (Wildman–Crippen LogP) is 1.43. The molecule has 1 aliphatic rings. The topological polar surface area (TPSA) is 34.9 Å². The van der Waals surface area contributed by atoms with Gasteiger partial charge in [-0.15, -0.1) is 0 Å². The zero-order chi connectivity index (χ0) is 8.39. The molecule has 0 aromatic carbocycles. The number of rotatable bonds is 3. The van der Waals surface area contributed by atoms with Gasteiger partial charge in [0.05, 0.1) is 18.2 Å². The number of imidazole rings is 1. The fourth-order valence-corrected chi connectivity index (χ4v) is 1.24. The Hall–Kier alpha value is -1.38. The Labute approximate surface area is 70.7 Å². The second-order valence-corrected chi connectivity index (χ2v) is 2.95. The van der Waals surface area contributed by atoms with E-state index >= 15 is 0 Å². The smallest absolute Gasteiger partial charge is 0.142 e. The molecule has 1 aromatic heterocycles. The molecule has 3 heteroatoms. The summed E-state index contributed by atoms with van der Waals surface area (Å²) in [6, 6.07) is 0.624. The van der Waals surface area contributed by atoms with Crippen LogP contribution in [0.4, 0.5) is 0 Å². The molecule has 0 spiro atoms. The van der Waals surface area contributed by atoms with Crippen LogP contribution in [0.15, 0.2) is 18.6 Å². The Kier molecular flexibility index (Phi) is 1.78. The Morgan fingerprint density at radius 3 is 3.08 bits per heavy atom. The second-order valence-electron chi connectivity index (χ2n) is 2.95. The van der Waals surface area contributed by atoms with Gasteiger partial charge in [0.1, 0.15) is 6.29 Å². The summed E-state index contributed by atoms with van der Waals surface area (Å²) in [6.45, 7) is 0. The van der Waals surface area contributed by atoms with Crippen molar-refractivity contribution in [1.29, 1.82) is 0 Å². The number of aromatic nitrogens is 2. The van der Waals surface area contributed by atoms with E-state index in [1.807, 2.05) is 6.33 Å². The van der Waals surface area contributed by atoms with E-state index in [2.05, 4.69) is 9.55 Å². The highest BCUT2D eigenvalue weighted by atomic mass is 16.1. The Balaban J connectivity index is 2.23. The lowest BCUT2D eigenvalue weighted by atomic mass is 10.4. The highest BCUT2D eigenvalue weighted by Crippen LogP contribution is 2.35. The molecule has 2 rings (SSSR count). The lowest BCUT2D eigenvalue weighted by molar-refractivity contribution is -0.104. The molecule has 0 radical (unpaired) electrons. The first-order valence-electron chi connectivity index (χ1n) is 4.05. The summed E-state index contributed by atoms with van der Waals surface area (Å²) in [4.78, 5) is 14.1. The summed E-state index contributed by atoms with van der Waals surface area (Å²) >= 11 is 0. The molecule has 62 valence electrons. The van der Waals surface area contributed by atoms with Crippen molar-refractivity contribution in [1.82, 2.24) is 9.55 Å². The van der Waals surface area contributed by atoms with Gasteiger partial charge in [0, 0.05) is 6.04 Å². The molecule has 0 aliphatic heterocycles. The highest BCUT2D eigenvalue weighted by Gasteiger charge is 2.24. The van der Waals surface area contributed by atoms with Crippen molar-refractivity contribution in [2.75, 3.05) is 0 Å². The molecule has 0 amide bonds. The molecule has 1 fully saturated rings. The first kappa shape index (κ1) is 7.28. The van der Waals surface area contributed by atoms with Gasteiger partial charge in [0.15, 0.2) is 0 Å². The quantitative estimate of drug-likeness (QED) is 0.497. The van der Waals surface area contributed by atoms with Crippen molar-refractivity contribution in [3.8, 4) is 0 Å². The van der Waals surface area contributed by atoms with Crippen LogP contribution in [0.3, 0.4) is 0 Å². The molecule has 1 heterocycles. The van der Waals surface area contributed by atoms with Crippen LogP contribution >= 0.6 is 0 Å². The summed E-state index contributed by atoms with van der Waals surface area (Å²) in [5.41, 5.74) is 1.02. The third-order valence-corrected chi connectivity index (χ3v) is 1.98. The van der Waals surface area contributed by atoms with Crippen molar-refractivity contribution >= 4 is 12.4 Å². The number of nitrogens with zero attached hydrogens (tertiary/aromatic N) is 2. The van der Waals surface area contributed by atoms with E-state index in [1.54, 1.807) is 12.3 Å². The Morgan fingerprint density at radius 1 is 1.58 bits per heavy atom. The average Bonchev–Trinajstić information content (AvgIpc) is 2.83. The molecule has 1 saturated carbocycles. The molecule has 0 bridgehead atoms. The van der Waals surface area contributed by atoms with E-state index in [0.29, 0.717) is 6.04 Å². The Morgan fingerprint density at radius 2 is 2.42 bits per heavy atom. The van der Waals surface area contributed by atoms with E-state index < -0.39 is 0 Å². The van der Waals surface area contributed by atoms with Crippen LogP contribution in [0.5, 0.6) is 0 Å². The number of hydrogen-bond donors (Lipinski definition) is 0. The van der Waals surface area contributed by atoms with Crippen LogP contribution in [0.2, 0.25) is 0 Å².